The van der Waals surface area contributed by atoms with Gasteiger partial charge in [0.05, 0.1) is 5.69 Å². The van der Waals surface area contributed by atoms with Gasteiger partial charge in [0, 0.05) is 64.9 Å². The Bertz CT molecular complexity index is 2890. The Morgan fingerprint density at radius 3 is 2.15 bits per heavy atom. The summed E-state index contributed by atoms with van der Waals surface area (Å²) in [5, 5.41) is 3.39. The molecule has 1 aliphatic carbocycles. The molecule has 2 heterocycles. The molecular formula is C60H55N5. The molecule has 0 bridgehead atoms. The molecule has 8 rings (SSSR count). The highest BCUT2D eigenvalue weighted by molar-refractivity contribution is 6.00. The Morgan fingerprint density at radius 2 is 1.48 bits per heavy atom. The number of hydrogen-bond acceptors (Lipinski definition) is 5. The monoisotopic (exact) mass is 845 g/mol. The third-order valence-corrected chi connectivity index (χ3v) is 11.7. The van der Waals surface area contributed by atoms with E-state index in [2.05, 4.69) is 210 Å². The number of fused-ring (bicyclic) bond motifs is 1. The average Bonchev–Trinajstić information content (AvgIpc) is 3.62. The number of amidine groups is 1. The van der Waals surface area contributed by atoms with E-state index >= 15 is 0 Å². The van der Waals surface area contributed by atoms with Crippen LogP contribution in [0, 0.1) is 0 Å². The van der Waals surface area contributed by atoms with Crippen LogP contribution in [0.1, 0.15) is 42.5 Å². The summed E-state index contributed by atoms with van der Waals surface area (Å²) in [5.74, 6) is 0.865. The largest absolute Gasteiger partial charge is 0.404 e. The minimum atomic E-state index is 0.624. The molecule has 0 saturated carbocycles. The SMILES string of the molecule is C=C/C=C\C(=C/C)c1cc2c(c(-c3ccccc3)c1)N(c1ccc(N(c3ccc(C4=NC=CCN4)cc3)c3ccc(C(/C=C\C)=C/N)cc3)cc1)C/C=C(C1=CC=CC=CC1)\C=C/C2=C. The van der Waals surface area contributed by atoms with Crippen LogP contribution in [0.4, 0.5) is 28.4 Å². The lowest BCUT2D eigenvalue weighted by molar-refractivity contribution is 1.01. The number of aliphatic imine (C=N–C) groups is 1. The molecule has 0 amide bonds. The van der Waals surface area contributed by atoms with E-state index in [9.17, 15) is 0 Å². The third-order valence-electron chi connectivity index (χ3n) is 11.7. The van der Waals surface area contributed by atoms with Crippen LogP contribution in [0.5, 0.6) is 0 Å². The molecule has 5 aromatic rings. The average molecular weight is 846 g/mol. The Balaban J connectivity index is 1.29. The topological polar surface area (TPSA) is 56.9 Å². The van der Waals surface area contributed by atoms with Gasteiger partial charge >= 0.3 is 0 Å². The molecular weight excluding hydrogens is 791 g/mol. The van der Waals surface area contributed by atoms with Crippen LogP contribution < -0.4 is 20.9 Å². The smallest absolute Gasteiger partial charge is 0.133 e. The van der Waals surface area contributed by atoms with Crippen LogP contribution in [-0.4, -0.2) is 18.9 Å². The molecule has 5 nitrogen and oxygen atoms in total. The maximum Gasteiger partial charge on any atom is 0.133 e. The summed E-state index contributed by atoms with van der Waals surface area (Å²) in [6.07, 6.45) is 36.0. The zero-order chi connectivity index (χ0) is 45.0. The standard InChI is InChI=1S/C60H55N5/c1-5-8-18-45(7-3)52-41-57-44(4)23-24-48(46-19-12-9-10-13-20-46)37-40-64(59(57)58(42-52)49-21-14-11-15-22-49)53-33-35-56(36-34-53)65(54-29-25-47(26-30-54)51(43-61)17-6-2)55-31-27-50(28-32-55)60-62-38-16-39-63-60/h5-19,21-38,41-43H,1,4,20,39-40,61H2,2-3H3,(H,62,63)/b17-6-,18-8-,24-23-,45-7+,48-37+,51-43+. The first kappa shape index (κ1) is 43.5. The first-order valence-corrected chi connectivity index (χ1v) is 22.2. The summed E-state index contributed by atoms with van der Waals surface area (Å²) in [6.45, 7) is 14.2. The van der Waals surface area contributed by atoms with Crippen molar-refractivity contribution < 1.29 is 0 Å². The lowest BCUT2D eigenvalue weighted by atomic mass is 9.90. The van der Waals surface area contributed by atoms with Gasteiger partial charge in [0.15, 0.2) is 0 Å². The van der Waals surface area contributed by atoms with Gasteiger partial charge in [0.2, 0.25) is 0 Å². The number of nitrogens with one attached hydrogen (secondary N) is 1. The van der Waals surface area contributed by atoms with E-state index < -0.39 is 0 Å². The second-order valence-electron chi connectivity index (χ2n) is 15.8. The quantitative estimate of drug-likeness (QED) is 0.123. The molecule has 0 spiro atoms. The van der Waals surface area contributed by atoms with Gasteiger partial charge in [-0.3, -0.25) is 0 Å². The molecule has 320 valence electrons. The first-order chi connectivity index (χ1) is 32.0. The van der Waals surface area contributed by atoms with Crippen molar-refractivity contribution in [3.05, 3.63) is 265 Å². The Labute approximate surface area is 385 Å². The highest BCUT2D eigenvalue weighted by atomic mass is 15.2. The predicted molar refractivity (Wildman–Crippen MR) is 281 cm³/mol. The Morgan fingerprint density at radius 1 is 0.754 bits per heavy atom. The highest BCUT2D eigenvalue weighted by Gasteiger charge is 2.24. The van der Waals surface area contributed by atoms with Crippen molar-refractivity contribution in [2.75, 3.05) is 22.9 Å². The fourth-order valence-corrected chi connectivity index (χ4v) is 8.38. The molecule has 5 heteroatoms. The van der Waals surface area contributed by atoms with Crippen LogP contribution in [-0.2, 0) is 0 Å². The van der Waals surface area contributed by atoms with Gasteiger partial charge in [-0.25, -0.2) is 4.99 Å². The maximum absolute atomic E-state index is 6.05. The van der Waals surface area contributed by atoms with E-state index in [1.54, 1.807) is 6.20 Å². The van der Waals surface area contributed by atoms with Crippen molar-refractivity contribution in [2.24, 2.45) is 10.7 Å². The summed E-state index contributed by atoms with van der Waals surface area (Å²) in [4.78, 5) is 9.32. The number of anilines is 5. The Hall–Kier alpha value is -8.15. The highest BCUT2D eigenvalue weighted by Crippen LogP contribution is 2.45. The fourth-order valence-electron chi connectivity index (χ4n) is 8.38. The van der Waals surface area contributed by atoms with Gasteiger partial charge in [-0.1, -0.05) is 141 Å². The number of hydrogen-bond donors (Lipinski definition) is 2. The van der Waals surface area contributed by atoms with Crippen molar-refractivity contribution >= 4 is 51.0 Å². The summed E-state index contributed by atoms with van der Waals surface area (Å²) >= 11 is 0. The number of benzene rings is 5. The molecule has 0 unspecified atom stereocenters. The van der Waals surface area contributed by atoms with Crippen LogP contribution in [0.2, 0.25) is 0 Å². The van der Waals surface area contributed by atoms with Gasteiger partial charge < -0.3 is 20.9 Å². The van der Waals surface area contributed by atoms with Crippen molar-refractivity contribution in [1.29, 1.82) is 0 Å². The van der Waals surface area contributed by atoms with Crippen molar-refractivity contribution in [3.8, 4) is 11.1 Å². The number of rotatable bonds is 12. The van der Waals surface area contributed by atoms with E-state index in [1.807, 2.05) is 43.5 Å². The molecule has 65 heavy (non-hydrogen) atoms. The molecule has 0 aromatic heterocycles. The van der Waals surface area contributed by atoms with Gasteiger partial charge in [-0.2, -0.15) is 0 Å². The maximum atomic E-state index is 6.05. The lowest BCUT2D eigenvalue weighted by Crippen LogP contribution is -2.26. The molecule has 0 fully saturated rings. The zero-order valence-corrected chi connectivity index (χ0v) is 37.2. The van der Waals surface area contributed by atoms with E-state index in [4.69, 9.17) is 12.3 Å². The van der Waals surface area contributed by atoms with Crippen molar-refractivity contribution in [3.63, 3.8) is 0 Å². The van der Waals surface area contributed by atoms with Crippen molar-refractivity contribution in [1.82, 2.24) is 5.32 Å². The van der Waals surface area contributed by atoms with Gasteiger partial charge in [0.1, 0.15) is 5.84 Å². The lowest BCUT2D eigenvalue weighted by Gasteiger charge is -2.31. The molecule has 2 aliphatic heterocycles. The second kappa shape index (κ2) is 20.8. The van der Waals surface area contributed by atoms with Gasteiger partial charge in [-0.15, -0.1) is 0 Å². The summed E-state index contributed by atoms with van der Waals surface area (Å²) in [7, 11) is 0. The van der Waals surface area contributed by atoms with Crippen LogP contribution in [0.15, 0.2) is 248 Å². The summed E-state index contributed by atoms with van der Waals surface area (Å²) in [5.41, 5.74) is 23.2. The third kappa shape index (κ3) is 9.91. The number of nitrogens with two attached hydrogens (primary N) is 1. The fraction of sp³-hybridized carbons (Fsp3) is 0.0833. The number of allylic oxidation sites excluding steroid dienone is 18. The van der Waals surface area contributed by atoms with Crippen LogP contribution >= 0.6 is 0 Å². The van der Waals surface area contributed by atoms with E-state index in [0.717, 1.165) is 97.3 Å². The van der Waals surface area contributed by atoms with E-state index in [0.29, 0.717) is 6.54 Å². The molecule has 0 saturated heterocycles. The Kier molecular flexibility index (Phi) is 13.9. The van der Waals surface area contributed by atoms with Crippen molar-refractivity contribution in [2.45, 2.75) is 20.3 Å². The molecule has 3 aliphatic rings. The predicted octanol–water partition coefficient (Wildman–Crippen LogP) is 14.8. The normalized spacial score (nSPS) is 16.7. The molecule has 5 aromatic carbocycles. The van der Waals surface area contributed by atoms with E-state index in [1.165, 1.54) is 11.1 Å². The molecule has 0 atom stereocenters. The second-order valence-corrected chi connectivity index (χ2v) is 15.8. The van der Waals surface area contributed by atoms with Gasteiger partial charge in [0.25, 0.3) is 0 Å². The van der Waals surface area contributed by atoms with Gasteiger partial charge in [-0.05, 0) is 144 Å². The molecule has 0 radical (unpaired) electrons. The minimum Gasteiger partial charge on any atom is -0.404 e. The van der Waals surface area contributed by atoms with E-state index in [-0.39, 0.29) is 0 Å². The number of nitrogens with zero attached hydrogens (tertiary/aromatic N) is 3. The summed E-state index contributed by atoms with van der Waals surface area (Å²) in [6, 6.07) is 41.4. The first-order valence-electron chi connectivity index (χ1n) is 22.2. The van der Waals surface area contributed by atoms with Crippen LogP contribution in [0.25, 0.3) is 27.8 Å². The molecule has 3 N–H and O–H groups in total. The van der Waals surface area contributed by atoms with Crippen LogP contribution in [0.3, 0.4) is 0 Å². The summed E-state index contributed by atoms with van der Waals surface area (Å²) < 4.78 is 0. The zero-order valence-electron chi connectivity index (χ0n) is 37.2. The minimum absolute atomic E-state index is 0.624.